The van der Waals surface area contributed by atoms with Crippen LogP contribution in [0.2, 0.25) is 0 Å². The molecule has 0 saturated carbocycles. The van der Waals surface area contributed by atoms with Gasteiger partial charge in [-0.2, -0.15) is 0 Å². The van der Waals surface area contributed by atoms with Crippen LogP contribution >= 0.6 is 11.3 Å². The van der Waals surface area contributed by atoms with Crippen molar-refractivity contribution in [3.05, 3.63) is 45.9 Å². The molecule has 20 heavy (non-hydrogen) atoms. The van der Waals surface area contributed by atoms with E-state index in [2.05, 4.69) is 15.0 Å². The minimum absolute atomic E-state index is 0.180. The smallest absolute Gasteiger partial charge is 0.339 e. The molecule has 1 amide bonds. The Bertz CT molecular complexity index is 637. The molecule has 104 valence electrons. The van der Waals surface area contributed by atoms with Gasteiger partial charge in [-0.3, -0.25) is 4.79 Å². The second-order valence-electron chi connectivity index (χ2n) is 4.12. The van der Waals surface area contributed by atoms with Crippen LogP contribution in [0.3, 0.4) is 0 Å². The van der Waals surface area contributed by atoms with Crippen LogP contribution in [0.15, 0.2) is 29.6 Å². The van der Waals surface area contributed by atoms with Crippen LogP contribution in [-0.2, 0) is 16.0 Å². The number of carbonyl (C=O) groups excluding carboxylic acids is 2. The molecule has 0 bridgehead atoms. The number of amides is 1. The molecule has 0 aliphatic rings. The zero-order valence-corrected chi connectivity index (χ0v) is 12.0. The van der Waals surface area contributed by atoms with Crippen LogP contribution < -0.4 is 5.32 Å². The number of nitrogens with zero attached hydrogens (tertiary/aromatic N) is 1. The molecule has 2 rings (SSSR count). The number of thiazole rings is 1. The second-order valence-corrected chi connectivity index (χ2v) is 5.18. The van der Waals surface area contributed by atoms with Crippen LogP contribution in [0.5, 0.6) is 0 Å². The first kappa shape index (κ1) is 14.2. The number of ether oxygens (including phenoxy) is 1. The summed E-state index contributed by atoms with van der Waals surface area (Å²) in [4.78, 5) is 27.8. The Kier molecular flexibility index (Phi) is 4.47. The first-order chi connectivity index (χ1) is 9.60. The van der Waals surface area contributed by atoms with Crippen molar-refractivity contribution in [1.29, 1.82) is 0 Å². The average molecular weight is 290 g/mol. The Morgan fingerprint density at radius 1 is 1.35 bits per heavy atom. The van der Waals surface area contributed by atoms with E-state index >= 15 is 0 Å². The number of hydrogen-bond acceptors (Lipinski definition) is 5. The molecule has 1 aromatic carbocycles. The van der Waals surface area contributed by atoms with E-state index in [0.717, 1.165) is 10.7 Å². The number of anilines is 1. The molecule has 1 heterocycles. The highest BCUT2D eigenvalue weighted by Crippen LogP contribution is 2.17. The Labute approximate surface area is 120 Å². The number of hydrogen-bond donors (Lipinski definition) is 1. The van der Waals surface area contributed by atoms with Gasteiger partial charge in [0.2, 0.25) is 5.91 Å². The maximum atomic E-state index is 12.0. The van der Waals surface area contributed by atoms with Crippen molar-refractivity contribution < 1.29 is 14.3 Å². The lowest BCUT2D eigenvalue weighted by Crippen LogP contribution is -2.17. The van der Waals surface area contributed by atoms with Gasteiger partial charge >= 0.3 is 5.97 Å². The van der Waals surface area contributed by atoms with Gasteiger partial charge < -0.3 is 10.1 Å². The number of benzene rings is 1. The maximum absolute atomic E-state index is 12.0. The summed E-state index contributed by atoms with van der Waals surface area (Å²) in [5.74, 6) is -0.697. The number of rotatable bonds is 4. The highest BCUT2D eigenvalue weighted by molar-refractivity contribution is 7.09. The molecule has 0 spiro atoms. The van der Waals surface area contributed by atoms with Gasteiger partial charge in [-0.1, -0.05) is 12.1 Å². The minimum Gasteiger partial charge on any atom is -0.465 e. The molecular weight excluding hydrogens is 276 g/mol. The van der Waals surface area contributed by atoms with Gasteiger partial charge in [-0.15, -0.1) is 11.3 Å². The lowest BCUT2D eigenvalue weighted by Gasteiger charge is -2.08. The van der Waals surface area contributed by atoms with Crippen LogP contribution in [0.4, 0.5) is 5.69 Å². The molecule has 0 aliphatic heterocycles. The fourth-order valence-corrected chi connectivity index (χ4v) is 2.34. The normalized spacial score (nSPS) is 10.1. The quantitative estimate of drug-likeness (QED) is 0.878. The summed E-state index contributed by atoms with van der Waals surface area (Å²) in [5.41, 5.74) is 1.50. The first-order valence-electron chi connectivity index (χ1n) is 5.98. The number of aryl methyl sites for hydroxylation is 1. The number of esters is 1. The summed E-state index contributed by atoms with van der Waals surface area (Å²) in [6.07, 6.45) is 0.180. The first-order valence-corrected chi connectivity index (χ1v) is 6.86. The van der Waals surface area contributed by atoms with E-state index in [1.807, 2.05) is 12.3 Å². The van der Waals surface area contributed by atoms with Crippen molar-refractivity contribution >= 4 is 28.9 Å². The largest absolute Gasteiger partial charge is 0.465 e. The van der Waals surface area contributed by atoms with Crippen molar-refractivity contribution in [2.24, 2.45) is 0 Å². The van der Waals surface area contributed by atoms with Crippen molar-refractivity contribution in [2.45, 2.75) is 13.3 Å². The van der Waals surface area contributed by atoms with Gasteiger partial charge in [0, 0.05) is 5.38 Å². The SMILES string of the molecule is COC(=O)c1ccccc1NC(=O)Cc1csc(C)n1. The molecule has 6 heteroatoms. The summed E-state index contributed by atoms with van der Waals surface area (Å²) in [6.45, 7) is 1.89. The third kappa shape index (κ3) is 3.42. The van der Waals surface area contributed by atoms with Gasteiger partial charge in [-0.25, -0.2) is 9.78 Å². The number of carbonyl (C=O) groups is 2. The standard InChI is InChI=1S/C14H14N2O3S/c1-9-15-10(8-20-9)7-13(17)16-12-6-4-3-5-11(12)14(18)19-2/h3-6,8H,7H2,1-2H3,(H,16,17). The Hall–Kier alpha value is -2.21. The maximum Gasteiger partial charge on any atom is 0.339 e. The molecule has 5 nitrogen and oxygen atoms in total. The summed E-state index contributed by atoms with van der Waals surface area (Å²) in [6, 6.07) is 6.73. The summed E-state index contributed by atoms with van der Waals surface area (Å²) in [5, 5.41) is 5.48. The van der Waals surface area contributed by atoms with Gasteiger partial charge in [0.05, 0.1) is 35.5 Å². The lowest BCUT2D eigenvalue weighted by atomic mass is 10.1. The third-order valence-corrected chi connectivity index (χ3v) is 3.44. The fourth-order valence-electron chi connectivity index (χ4n) is 1.73. The highest BCUT2D eigenvalue weighted by Gasteiger charge is 2.14. The van der Waals surface area contributed by atoms with Crippen LogP contribution in [0.1, 0.15) is 21.1 Å². The molecule has 0 aliphatic carbocycles. The molecule has 0 atom stereocenters. The van der Waals surface area contributed by atoms with Gasteiger partial charge in [0.15, 0.2) is 0 Å². The zero-order chi connectivity index (χ0) is 14.5. The average Bonchev–Trinajstić information content (AvgIpc) is 2.83. The van der Waals surface area contributed by atoms with Crippen LogP contribution in [0, 0.1) is 6.92 Å². The van der Waals surface area contributed by atoms with Gasteiger partial charge in [0.1, 0.15) is 0 Å². The van der Waals surface area contributed by atoms with Gasteiger partial charge in [-0.05, 0) is 19.1 Å². The van der Waals surface area contributed by atoms with E-state index in [1.165, 1.54) is 18.4 Å². The highest BCUT2D eigenvalue weighted by atomic mass is 32.1. The second kappa shape index (κ2) is 6.29. The molecule has 0 radical (unpaired) electrons. The molecular formula is C14H14N2O3S. The Morgan fingerprint density at radius 3 is 2.75 bits per heavy atom. The molecule has 0 saturated heterocycles. The van der Waals surface area contributed by atoms with Crippen molar-refractivity contribution in [1.82, 2.24) is 4.98 Å². The van der Waals surface area contributed by atoms with E-state index in [9.17, 15) is 9.59 Å². The number of methoxy groups -OCH3 is 1. The van der Waals surface area contributed by atoms with E-state index in [0.29, 0.717) is 11.3 Å². The summed E-state index contributed by atoms with van der Waals surface area (Å²) >= 11 is 1.50. The topological polar surface area (TPSA) is 68.3 Å². The molecule has 1 aromatic heterocycles. The van der Waals surface area contributed by atoms with Crippen LogP contribution in [0.25, 0.3) is 0 Å². The van der Waals surface area contributed by atoms with Crippen molar-refractivity contribution in [3.63, 3.8) is 0 Å². The molecule has 1 N–H and O–H groups in total. The van der Waals surface area contributed by atoms with Gasteiger partial charge in [0.25, 0.3) is 0 Å². The number of aromatic nitrogens is 1. The van der Waals surface area contributed by atoms with E-state index in [4.69, 9.17) is 0 Å². The monoisotopic (exact) mass is 290 g/mol. The molecule has 0 unspecified atom stereocenters. The van der Waals surface area contributed by atoms with Crippen LogP contribution in [-0.4, -0.2) is 24.0 Å². The molecule has 0 fully saturated rings. The Morgan fingerprint density at radius 2 is 2.10 bits per heavy atom. The minimum atomic E-state index is -0.481. The lowest BCUT2D eigenvalue weighted by molar-refractivity contribution is -0.115. The van der Waals surface area contributed by atoms with E-state index in [-0.39, 0.29) is 12.3 Å². The summed E-state index contributed by atoms with van der Waals surface area (Å²) < 4.78 is 4.68. The molecule has 2 aromatic rings. The fraction of sp³-hybridized carbons (Fsp3) is 0.214. The number of nitrogens with one attached hydrogen (secondary N) is 1. The van der Waals surface area contributed by atoms with Crippen molar-refractivity contribution in [3.8, 4) is 0 Å². The third-order valence-electron chi connectivity index (χ3n) is 2.61. The van der Waals surface area contributed by atoms with E-state index in [1.54, 1.807) is 24.3 Å². The van der Waals surface area contributed by atoms with E-state index < -0.39 is 5.97 Å². The number of para-hydroxylation sites is 1. The predicted octanol–water partition coefficient (Wildman–Crippen LogP) is 2.42. The summed E-state index contributed by atoms with van der Waals surface area (Å²) in [7, 11) is 1.30. The predicted molar refractivity (Wildman–Crippen MR) is 77.0 cm³/mol. The zero-order valence-electron chi connectivity index (χ0n) is 11.2. The Balaban J connectivity index is 2.10. The van der Waals surface area contributed by atoms with Crippen molar-refractivity contribution in [2.75, 3.05) is 12.4 Å².